The molecule has 0 spiro atoms. The average Bonchev–Trinajstić information content (AvgIpc) is 2.83. The van der Waals surface area contributed by atoms with Crippen LogP contribution in [-0.2, 0) is 6.42 Å². The van der Waals surface area contributed by atoms with Crippen LogP contribution in [0.4, 0.5) is 17.1 Å². The number of anilines is 2. The molecular weight excluding hydrogens is 290 g/mol. The molecule has 0 amide bonds. The molecule has 2 aromatic carbocycles. The number of nitrogens with one attached hydrogen (secondary N) is 1. The van der Waals surface area contributed by atoms with Crippen molar-refractivity contribution in [2.24, 2.45) is 0 Å². The SMILES string of the molecule is Nc1ccc2c(c1)CCC2Nc1cc([N+](=O)[O-])ccc1Cl. The van der Waals surface area contributed by atoms with Crippen LogP contribution in [0, 0.1) is 10.1 Å². The van der Waals surface area contributed by atoms with Crippen molar-refractivity contribution < 1.29 is 4.92 Å². The van der Waals surface area contributed by atoms with Gasteiger partial charge in [0.05, 0.1) is 21.7 Å². The Morgan fingerprint density at radius 2 is 2.10 bits per heavy atom. The predicted octanol–water partition coefficient (Wildman–Crippen LogP) is 3.93. The van der Waals surface area contributed by atoms with Crippen LogP contribution in [0.25, 0.3) is 0 Å². The van der Waals surface area contributed by atoms with E-state index in [1.807, 2.05) is 18.2 Å². The Kier molecular flexibility index (Phi) is 3.43. The van der Waals surface area contributed by atoms with E-state index in [4.69, 9.17) is 17.3 Å². The summed E-state index contributed by atoms with van der Waals surface area (Å²) in [7, 11) is 0. The molecule has 0 saturated heterocycles. The monoisotopic (exact) mass is 303 g/mol. The molecule has 6 heteroatoms. The van der Waals surface area contributed by atoms with E-state index < -0.39 is 4.92 Å². The molecule has 0 saturated carbocycles. The van der Waals surface area contributed by atoms with Gasteiger partial charge in [-0.3, -0.25) is 10.1 Å². The summed E-state index contributed by atoms with van der Waals surface area (Å²) in [5.41, 5.74) is 9.54. The molecule has 2 aromatic rings. The number of non-ortho nitro benzene ring substituents is 1. The zero-order valence-corrected chi connectivity index (χ0v) is 11.9. The molecule has 21 heavy (non-hydrogen) atoms. The first-order chi connectivity index (χ1) is 10.0. The first kappa shape index (κ1) is 13.7. The highest BCUT2D eigenvalue weighted by atomic mass is 35.5. The number of hydrogen-bond donors (Lipinski definition) is 2. The second-order valence-corrected chi connectivity index (χ2v) is 5.52. The standard InChI is InChI=1S/C15H14ClN3O2/c16-13-5-3-11(19(20)21)8-15(13)18-14-6-1-9-7-10(17)2-4-12(9)14/h2-5,7-8,14,18H,1,6,17H2. The third kappa shape index (κ3) is 2.64. The van der Waals surface area contributed by atoms with E-state index in [2.05, 4.69) is 5.32 Å². The van der Waals surface area contributed by atoms with Crippen LogP contribution < -0.4 is 11.1 Å². The van der Waals surface area contributed by atoms with Gasteiger partial charge in [0, 0.05) is 17.8 Å². The lowest BCUT2D eigenvalue weighted by molar-refractivity contribution is -0.384. The number of hydrogen-bond acceptors (Lipinski definition) is 4. The highest BCUT2D eigenvalue weighted by Crippen LogP contribution is 2.37. The first-order valence-electron chi connectivity index (χ1n) is 6.63. The smallest absolute Gasteiger partial charge is 0.271 e. The molecular formula is C15H14ClN3O2. The third-order valence-electron chi connectivity index (χ3n) is 3.74. The van der Waals surface area contributed by atoms with Gasteiger partial charge in [-0.15, -0.1) is 0 Å². The Balaban J connectivity index is 1.89. The number of halogens is 1. The molecule has 0 heterocycles. The Morgan fingerprint density at radius 1 is 1.29 bits per heavy atom. The van der Waals surface area contributed by atoms with Gasteiger partial charge in [-0.1, -0.05) is 17.7 Å². The van der Waals surface area contributed by atoms with Crippen molar-refractivity contribution in [3.63, 3.8) is 0 Å². The fraction of sp³-hybridized carbons (Fsp3) is 0.200. The van der Waals surface area contributed by atoms with E-state index in [9.17, 15) is 10.1 Å². The van der Waals surface area contributed by atoms with Gasteiger partial charge in [-0.2, -0.15) is 0 Å². The number of rotatable bonds is 3. The second-order valence-electron chi connectivity index (χ2n) is 5.12. The maximum absolute atomic E-state index is 10.9. The van der Waals surface area contributed by atoms with Gasteiger partial charge in [0.25, 0.3) is 5.69 Å². The van der Waals surface area contributed by atoms with Crippen molar-refractivity contribution in [1.82, 2.24) is 0 Å². The molecule has 108 valence electrons. The topological polar surface area (TPSA) is 81.2 Å². The minimum absolute atomic E-state index is 0.0254. The lowest BCUT2D eigenvalue weighted by Crippen LogP contribution is -2.08. The van der Waals surface area contributed by atoms with Crippen molar-refractivity contribution in [2.75, 3.05) is 11.1 Å². The summed E-state index contributed by atoms with van der Waals surface area (Å²) in [6, 6.07) is 10.4. The summed E-state index contributed by atoms with van der Waals surface area (Å²) in [5.74, 6) is 0. The van der Waals surface area contributed by atoms with Crippen molar-refractivity contribution in [1.29, 1.82) is 0 Å². The number of fused-ring (bicyclic) bond motifs is 1. The fourth-order valence-electron chi connectivity index (χ4n) is 2.71. The number of nitro groups is 1. The number of nitrogen functional groups attached to an aromatic ring is 1. The Bertz CT molecular complexity index is 718. The maximum atomic E-state index is 10.9. The van der Waals surface area contributed by atoms with Crippen LogP contribution in [0.2, 0.25) is 5.02 Å². The lowest BCUT2D eigenvalue weighted by atomic mass is 10.1. The molecule has 0 aliphatic heterocycles. The normalized spacial score (nSPS) is 16.5. The number of nitro benzene ring substituents is 1. The minimum Gasteiger partial charge on any atom is -0.399 e. The summed E-state index contributed by atoms with van der Waals surface area (Å²) < 4.78 is 0. The van der Waals surface area contributed by atoms with Crippen LogP contribution in [0.3, 0.4) is 0 Å². The largest absolute Gasteiger partial charge is 0.399 e. The first-order valence-corrected chi connectivity index (χ1v) is 7.01. The number of aryl methyl sites for hydroxylation is 1. The highest BCUT2D eigenvalue weighted by Gasteiger charge is 2.23. The fourth-order valence-corrected chi connectivity index (χ4v) is 2.88. The van der Waals surface area contributed by atoms with Gasteiger partial charge in [-0.25, -0.2) is 0 Å². The minimum atomic E-state index is -0.426. The van der Waals surface area contributed by atoms with E-state index in [1.165, 1.54) is 23.3 Å². The molecule has 1 aliphatic rings. The van der Waals surface area contributed by atoms with E-state index in [-0.39, 0.29) is 11.7 Å². The third-order valence-corrected chi connectivity index (χ3v) is 4.06. The van der Waals surface area contributed by atoms with Gasteiger partial charge in [0.1, 0.15) is 0 Å². The van der Waals surface area contributed by atoms with E-state index in [0.717, 1.165) is 18.5 Å². The zero-order chi connectivity index (χ0) is 15.0. The van der Waals surface area contributed by atoms with E-state index >= 15 is 0 Å². The van der Waals surface area contributed by atoms with Gasteiger partial charge in [0.15, 0.2) is 0 Å². The zero-order valence-electron chi connectivity index (χ0n) is 11.2. The van der Waals surface area contributed by atoms with Gasteiger partial charge in [-0.05, 0) is 42.2 Å². The van der Waals surface area contributed by atoms with Gasteiger partial charge in [0.2, 0.25) is 0 Å². The van der Waals surface area contributed by atoms with E-state index in [0.29, 0.717) is 10.7 Å². The molecule has 3 N–H and O–H groups in total. The summed E-state index contributed by atoms with van der Waals surface area (Å²) in [6.45, 7) is 0. The van der Waals surface area contributed by atoms with Crippen molar-refractivity contribution in [3.05, 3.63) is 62.7 Å². The molecule has 0 radical (unpaired) electrons. The van der Waals surface area contributed by atoms with Gasteiger partial charge < -0.3 is 11.1 Å². The summed E-state index contributed by atoms with van der Waals surface area (Å²) in [6.07, 6.45) is 1.85. The second kappa shape index (κ2) is 5.26. The summed E-state index contributed by atoms with van der Waals surface area (Å²) in [5, 5.41) is 14.6. The summed E-state index contributed by atoms with van der Waals surface area (Å²) >= 11 is 6.13. The Hall–Kier alpha value is -2.27. The lowest BCUT2D eigenvalue weighted by Gasteiger charge is -2.16. The molecule has 1 unspecified atom stereocenters. The molecule has 1 aliphatic carbocycles. The predicted molar refractivity (Wildman–Crippen MR) is 83.6 cm³/mol. The molecule has 0 aromatic heterocycles. The van der Waals surface area contributed by atoms with Crippen molar-refractivity contribution in [2.45, 2.75) is 18.9 Å². The quantitative estimate of drug-likeness (QED) is 0.511. The molecule has 1 atom stereocenters. The molecule has 0 fully saturated rings. The number of nitrogens with two attached hydrogens (primary N) is 1. The van der Waals surface area contributed by atoms with Crippen LogP contribution in [0.1, 0.15) is 23.6 Å². The average molecular weight is 304 g/mol. The van der Waals surface area contributed by atoms with Crippen molar-refractivity contribution in [3.8, 4) is 0 Å². The van der Waals surface area contributed by atoms with Crippen LogP contribution >= 0.6 is 11.6 Å². The number of nitrogens with zero attached hydrogens (tertiary/aromatic N) is 1. The van der Waals surface area contributed by atoms with Crippen molar-refractivity contribution >= 4 is 28.7 Å². The van der Waals surface area contributed by atoms with E-state index in [1.54, 1.807) is 6.07 Å². The Labute approximate surface area is 126 Å². The molecule has 3 rings (SSSR count). The molecule has 5 nitrogen and oxygen atoms in total. The highest BCUT2D eigenvalue weighted by molar-refractivity contribution is 6.33. The van der Waals surface area contributed by atoms with Crippen LogP contribution in [-0.4, -0.2) is 4.92 Å². The maximum Gasteiger partial charge on any atom is 0.271 e. The Morgan fingerprint density at radius 3 is 2.86 bits per heavy atom. The summed E-state index contributed by atoms with van der Waals surface area (Å²) in [4.78, 5) is 10.4. The van der Waals surface area contributed by atoms with Crippen LogP contribution in [0.5, 0.6) is 0 Å². The van der Waals surface area contributed by atoms with Crippen LogP contribution in [0.15, 0.2) is 36.4 Å². The van der Waals surface area contributed by atoms with Gasteiger partial charge >= 0.3 is 0 Å². The molecule has 0 bridgehead atoms. The number of benzene rings is 2.